The van der Waals surface area contributed by atoms with Gasteiger partial charge in [0, 0.05) is 42.5 Å². The summed E-state index contributed by atoms with van der Waals surface area (Å²) in [6.07, 6.45) is 2.66. The summed E-state index contributed by atoms with van der Waals surface area (Å²) in [6, 6.07) is 3.73. The number of aromatic nitrogens is 1. The molecule has 5 nitrogen and oxygen atoms in total. The minimum atomic E-state index is -0.839. The first-order valence-corrected chi connectivity index (χ1v) is 8.96. The number of carbonyl (C=O) groups excluding carboxylic acids is 1. The van der Waals surface area contributed by atoms with E-state index in [1.807, 2.05) is 11.8 Å². The number of halogens is 2. The lowest BCUT2D eigenvalue weighted by Gasteiger charge is -2.19. The van der Waals surface area contributed by atoms with Crippen molar-refractivity contribution in [2.24, 2.45) is 5.92 Å². The first-order chi connectivity index (χ1) is 12.0. The summed E-state index contributed by atoms with van der Waals surface area (Å²) in [7, 11) is 0. The molecule has 2 amide bonds. The summed E-state index contributed by atoms with van der Waals surface area (Å²) in [5.74, 6) is -1.39. The molecule has 1 aromatic carbocycles. The Bertz CT molecular complexity index is 752. The summed E-state index contributed by atoms with van der Waals surface area (Å²) in [5, 5.41) is 6.65. The maximum absolute atomic E-state index is 13.3. The lowest BCUT2D eigenvalue weighted by atomic mass is 10.1. The Morgan fingerprint density at radius 1 is 1.36 bits per heavy atom. The van der Waals surface area contributed by atoms with Gasteiger partial charge in [0.25, 0.3) is 0 Å². The molecule has 0 saturated carbocycles. The van der Waals surface area contributed by atoms with Crippen LogP contribution >= 0.6 is 11.3 Å². The van der Waals surface area contributed by atoms with Gasteiger partial charge in [-0.3, -0.25) is 0 Å². The van der Waals surface area contributed by atoms with Crippen LogP contribution in [-0.4, -0.2) is 30.6 Å². The molecule has 2 aromatic rings. The molecule has 8 heteroatoms. The minimum absolute atomic E-state index is 0.211. The summed E-state index contributed by atoms with van der Waals surface area (Å²) >= 11 is 1.56. The molecule has 134 valence electrons. The van der Waals surface area contributed by atoms with Crippen LogP contribution in [0.25, 0.3) is 0 Å². The molecule has 1 unspecified atom stereocenters. The third-order valence-electron chi connectivity index (χ3n) is 4.20. The molecule has 0 radical (unpaired) electrons. The smallest absolute Gasteiger partial charge is 0.315 e. The number of hydrogen-bond donors (Lipinski definition) is 2. The minimum Gasteiger partial charge on any atom is -0.371 e. The van der Waals surface area contributed by atoms with Crippen molar-refractivity contribution in [3.63, 3.8) is 0 Å². The van der Waals surface area contributed by atoms with E-state index in [2.05, 4.69) is 15.6 Å². The zero-order valence-corrected chi connectivity index (χ0v) is 14.7. The number of nitrogens with zero attached hydrogens (tertiary/aromatic N) is 2. The van der Waals surface area contributed by atoms with Gasteiger partial charge in [-0.05, 0) is 31.4 Å². The Labute approximate surface area is 149 Å². The van der Waals surface area contributed by atoms with Gasteiger partial charge in [-0.1, -0.05) is 0 Å². The summed E-state index contributed by atoms with van der Waals surface area (Å²) in [5.41, 5.74) is 0.673. The van der Waals surface area contributed by atoms with Crippen molar-refractivity contribution in [1.29, 1.82) is 0 Å². The fourth-order valence-corrected chi connectivity index (χ4v) is 3.60. The van der Waals surface area contributed by atoms with Crippen molar-refractivity contribution in [1.82, 2.24) is 15.6 Å². The molecular weight excluding hydrogens is 346 g/mol. The molecule has 1 aromatic heterocycles. The number of aryl methyl sites for hydroxylation is 1. The van der Waals surface area contributed by atoms with E-state index in [1.165, 1.54) is 6.07 Å². The Morgan fingerprint density at radius 3 is 2.92 bits per heavy atom. The summed E-state index contributed by atoms with van der Waals surface area (Å²) < 4.78 is 26.4. The molecule has 0 bridgehead atoms. The zero-order chi connectivity index (χ0) is 17.8. The van der Waals surface area contributed by atoms with E-state index in [4.69, 9.17) is 0 Å². The maximum atomic E-state index is 13.3. The molecule has 3 rings (SSSR count). The van der Waals surface area contributed by atoms with E-state index in [-0.39, 0.29) is 11.9 Å². The molecular formula is C17H20F2N4OS. The molecule has 2 N–H and O–H groups in total. The van der Waals surface area contributed by atoms with Gasteiger partial charge >= 0.3 is 6.03 Å². The van der Waals surface area contributed by atoms with Crippen LogP contribution in [-0.2, 0) is 6.54 Å². The first kappa shape index (κ1) is 17.6. The van der Waals surface area contributed by atoms with Crippen LogP contribution in [0.5, 0.6) is 0 Å². The topological polar surface area (TPSA) is 57.3 Å². The van der Waals surface area contributed by atoms with Crippen LogP contribution in [0.2, 0.25) is 0 Å². The van der Waals surface area contributed by atoms with E-state index < -0.39 is 11.6 Å². The first-order valence-electron chi connectivity index (χ1n) is 8.14. The van der Waals surface area contributed by atoms with E-state index in [0.29, 0.717) is 25.3 Å². The number of amides is 2. The van der Waals surface area contributed by atoms with Gasteiger partial charge in [0.05, 0.1) is 11.6 Å². The fourth-order valence-electron chi connectivity index (χ4n) is 2.87. The Morgan fingerprint density at radius 2 is 2.20 bits per heavy atom. The Kier molecular flexibility index (Phi) is 5.47. The van der Waals surface area contributed by atoms with Gasteiger partial charge in [-0.15, -0.1) is 11.3 Å². The highest BCUT2D eigenvalue weighted by Crippen LogP contribution is 2.25. The number of rotatable bonds is 5. The van der Waals surface area contributed by atoms with Crippen LogP contribution in [0.1, 0.15) is 16.3 Å². The highest BCUT2D eigenvalue weighted by molar-refractivity contribution is 7.11. The average Bonchev–Trinajstić information content (AvgIpc) is 3.22. The molecule has 1 saturated heterocycles. The largest absolute Gasteiger partial charge is 0.371 e. The molecule has 25 heavy (non-hydrogen) atoms. The normalized spacial score (nSPS) is 16.9. The van der Waals surface area contributed by atoms with Gasteiger partial charge in [0.1, 0.15) is 0 Å². The van der Waals surface area contributed by atoms with Crippen molar-refractivity contribution in [3.8, 4) is 0 Å². The number of benzene rings is 1. The van der Waals surface area contributed by atoms with E-state index in [1.54, 1.807) is 23.6 Å². The predicted molar refractivity (Wildman–Crippen MR) is 93.8 cm³/mol. The third-order valence-corrected chi connectivity index (χ3v) is 5.11. The monoisotopic (exact) mass is 366 g/mol. The average molecular weight is 366 g/mol. The highest BCUT2D eigenvalue weighted by Gasteiger charge is 2.23. The molecule has 1 fully saturated rings. The number of carbonyl (C=O) groups is 1. The highest BCUT2D eigenvalue weighted by atomic mass is 32.1. The van der Waals surface area contributed by atoms with Crippen molar-refractivity contribution < 1.29 is 13.6 Å². The number of anilines is 1. The van der Waals surface area contributed by atoms with E-state index in [0.717, 1.165) is 28.9 Å². The van der Waals surface area contributed by atoms with Crippen molar-refractivity contribution in [2.75, 3.05) is 24.5 Å². The lowest BCUT2D eigenvalue weighted by molar-refractivity contribution is 0.239. The van der Waals surface area contributed by atoms with Crippen LogP contribution in [0.3, 0.4) is 0 Å². The maximum Gasteiger partial charge on any atom is 0.315 e. The molecule has 1 aliphatic rings. The van der Waals surface area contributed by atoms with Crippen molar-refractivity contribution >= 4 is 23.1 Å². The molecule has 0 aliphatic carbocycles. The zero-order valence-electron chi connectivity index (χ0n) is 13.9. The summed E-state index contributed by atoms with van der Waals surface area (Å²) in [6.45, 7) is 4.41. The van der Waals surface area contributed by atoms with E-state index in [9.17, 15) is 13.6 Å². The van der Waals surface area contributed by atoms with Gasteiger partial charge < -0.3 is 15.5 Å². The van der Waals surface area contributed by atoms with E-state index >= 15 is 0 Å². The fraction of sp³-hybridized carbons (Fsp3) is 0.412. The van der Waals surface area contributed by atoms with Crippen LogP contribution in [0.15, 0.2) is 24.4 Å². The second-order valence-electron chi connectivity index (χ2n) is 6.11. The van der Waals surface area contributed by atoms with Gasteiger partial charge in [0.2, 0.25) is 0 Å². The Hall–Kier alpha value is -2.22. The van der Waals surface area contributed by atoms with Crippen molar-refractivity contribution in [2.45, 2.75) is 19.9 Å². The molecule has 1 aliphatic heterocycles. The number of urea groups is 1. The molecule has 2 heterocycles. The standard InChI is InChI=1S/C17H20F2N4OS/c1-11-20-8-14(25-11)9-22-17(24)21-7-12-4-5-23(10-12)13-2-3-15(18)16(19)6-13/h2-3,6,8,12H,4-5,7,9-10H2,1H3,(H2,21,22,24). The van der Waals surface area contributed by atoms with Crippen LogP contribution < -0.4 is 15.5 Å². The van der Waals surface area contributed by atoms with Crippen LogP contribution in [0.4, 0.5) is 19.3 Å². The second kappa shape index (κ2) is 7.77. The number of thiazole rings is 1. The van der Waals surface area contributed by atoms with Gasteiger partial charge in [-0.25, -0.2) is 18.6 Å². The predicted octanol–water partition coefficient (Wildman–Crippen LogP) is 3.06. The number of hydrogen-bond acceptors (Lipinski definition) is 4. The molecule has 0 spiro atoms. The van der Waals surface area contributed by atoms with Crippen LogP contribution in [0, 0.1) is 24.5 Å². The van der Waals surface area contributed by atoms with Gasteiger partial charge in [0.15, 0.2) is 11.6 Å². The van der Waals surface area contributed by atoms with Crippen molar-refractivity contribution in [3.05, 3.63) is 45.9 Å². The lowest BCUT2D eigenvalue weighted by Crippen LogP contribution is -2.38. The number of nitrogens with one attached hydrogen (secondary N) is 2. The summed E-state index contributed by atoms with van der Waals surface area (Å²) in [4.78, 5) is 19.0. The SMILES string of the molecule is Cc1ncc(CNC(=O)NCC2CCN(c3ccc(F)c(F)c3)C2)s1. The second-order valence-corrected chi connectivity index (χ2v) is 7.43. The third kappa shape index (κ3) is 4.66. The quantitative estimate of drug-likeness (QED) is 0.855. The van der Waals surface area contributed by atoms with Gasteiger partial charge in [-0.2, -0.15) is 0 Å². The molecule has 1 atom stereocenters. The Balaban J connectivity index is 1.42.